The van der Waals surface area contributed by atoms with Crippen LogP contribution in [0.4, 0.5) is 0 Å². The van der Waals surface area contributed by atoms with Crippen molar-refractivity contribution in [1.29, 1.82) is 0 Å². The molecule has 0 spiro atoms. The van der Waals surface area contributed by atoms with Crippen LogP contribution in [-0.2, 0) is 97.5 Å². The highest BCUT2D eigenvalue weighted by molar-refractivity contribution is 6.00. The van der Waals surface area contributed by atoms with Crippen LogP contribution in [0.1, 0.15) is 178 Å². The number of hydrogen-bond acceptors (Lipinski definition) is 23. The molecule has 0 aliphatic heterocycles. The summed E-state index contributed by atoms with van der Waals surface area (Å²) in [5, 5.41) is 101. The number of carbonyl (C=O) groups excluding carboxylic acids is 14. The topological polar surface area (TPSA) is 700 Å². The van der Waals surface area contributed by atoms with Crippen LogP contribution in [-0.4, -0.2) is 252 Å². The number of nitrogens with one attached hydrogen (secondary N) is 13. The van der Waals surface area contributed by atoms with E-state index in [0.717, 1.165) is 13.8 Å². The molecular formula is C73H118N16O26. The number of carboxylic acid groups (broad SMARTS) is 5. The van der Waals surface area contributed by atoms with Crippen LogP contribution in [0.5, 0.6) is 0 Å². The van der Waals surface area contributed by atoms with E-state index in [4.69, 9.17) is 17.2 Å². The summed E-state index contributed by atoms with van der Waals surface area (Å²) in [7, 11) is 0. The molecule has 0 bridgehead atoms. The van der Waals surface area contributed by atoms with E-state index in [2.05, 4.69) is 69.1 Å². The van der Waals surface area contributed by atoms with E-state index < -0.39 is 291 Å². The average molecular weight is 1640 g/mol. The van der Waals surface area contributed by atoms with Gasteiger partial charge in [-0.1, -0.05) is 98.6 Å². The number of rotatable bonds is 56. The Morgan fingerprint density at radius 3 is 1.16 bits per heavy atom. The van der Waals surface area contributed by atoms with Crippen molar-refractivity contribution in [3.63, 3.8) is 0 Å². The number of carboxylic acids is 5. The van der Waals surface area contributed by atoms with Crippen LogP contribution in [0.2, 0.25) is 0 Å². The maximum atomic E-state index is 14.2. The number of nitrogens with two attached hydrogens (primary N) is 3. The number of primary amides is 1. The molecule has 646 valence electrons. The minimum atomic E-state index is -1.86. The fourth-order valence-electron chi connectivity index (χ4n) is 11.3. The van der Waals surface area contributed by atoms with Gasteiger partial charge in [0.15, 0.2) is 0 Å². The zero-order valence-corrected chi connectivity index (χ0v) is 66.6. The quantitative estimate of drug-likeness (QED) is 0.0272. The van der Waals surface area contributed by atoms with Crippen molar-refractivity contribution in [2.75, 3.05) is 6.54 Å². The van der Waals surface area contributed by atoms with E-state index in [-0.39, 0.29) is 31.6 Å². The highest BCUT2D eigenvalue weighted by Gasteiger charge is 2.40. The van der Waals surface area contributed by atoms with Crippen LogP contribution in [0.3, 0.4) is 0 Å². The van der Waals surface area contributed by atoms with Gasteiger partial charge in [-0.2, -0.15) is 0 Å². The van der Waals surface area contributed by atoms with Crippen molar-refractivity contribution in [2.45, 2.75) is 276 Å². The summed E-state index contributed by atoms with van der Waals surface area (Å²) >= 11 is 0. The summed E-state index contributed by atoms with van der Waals surface area (Å²) in [4.78, 5) is 251. The van der Waals surface area contributed by atoms with E-state index >= 15 is 0 Å². The van der Waals surface area contributed by atoms with Crippen LogP contribution in [0.15, 0.2) is 30.3 Å². The van der Waals surface area contributed by atoms with Gasteiger partial charge >= 0.3 is 29.8 Å². The number of benzene rings is 1. The Kier molecular flexibility index (Phi) is 45.8. The molecule has 0 aromatic heterocycles. The predicted molar refractivity (Wildman–Crippen MR) is 407 cm³/mol. The molecule has 0 aliphatic carbocycles. The number of aliphatic hydroxyl groups excluding tert-OH is 2. The number of amides is 14. The second kappa shape index (κ2) is 51.7. The Morgan fingerprint density at radius 2 is 0.757 bits per heavy atom. The lowest BCUT2D eigenvalue weighted by Gasteiger charge is -2.30. The first-order valence-electron chi connectivity index (χ1n) is 37.8. The average Bonchev–Trinajstić information content (AvgIpc) is 0.841. The van der Waals surface area contributed by atoms with Crippen molar-refractivity contribution in [3.05, 3.63) is 35.9 Å². The smallest absolute Gasteiger partial charge is 0.326 e. The van der Waals surface area contributed by atoms with Gasteiger partial charge in [0.2, 0.25) is 82.7 Å². The Hall–Kier alpha value is -11.0. The molecule has 0 radical (unpaired) electrons. The van der Waals surface area contributed by atoms with E-state index in [1.807, 2.05) is 0 Å². The summed E-state index contributed by atoms with van der Waals surface area (Å²) < 4.78 is 0. The Labute approximate surface area is 665 Å². The first-order valence-corrected chi connectivity index (χ1v) is 37.8. The van der Waals surface area contributed by atoms with Gasteiger partial charge in [0.1, 0.15) is 72.5 Å². The molecule has 1 aromatic carbocycles. The molecule has 17 atom stereocenters. The Morgan fingerprint density at radius 1 is 0.391 bits per heavy atom. The Bertz CT molecular complexity index is 3510. The minimum absolute atomic E-state index is 0.0599. The lowest BCUT2D eigenvalue weighted by molar-refractivity contribution is -0.143. The molecule has 42 nitrogen and oxygen atoms in total. The number of unbranched alkanes of at least 4 members (excludes halogenated alkanes) is 1. The molecular weight excluding hydrogens is 1520 g/mol. The van der Waals surface area contributed by atoms with Gasteiger partial charge in [-0.25, -0.2) is 4.79 Å². The van der Waals surface area contributed by atoms with Crippen molar-refractivity contribution in [2.24, 2.45) is 40.9 Å². The van der Waals surface area contributed by atoms with Gasteiger partial charge in [0.25, 0.3) is 0 Å². The Balaban J connectivity index is 3.43. The molecule has 42 heteroatoms. The van der Waals surface area contributed by atoms with Gasteiger partial charge in [-0.3, -0.25) is 86.3 Å². The predicted octanol–water partition coefficient (Wildman–Crippen LogP) is -5.02. The van der Waals surface area contributed by atoms with Crippen LogP contribution >= 0.6 is 0 Å². The SMILES string of the molecule is CC[C@@H](C)C(NC(=O)C(CCC(=O)O)NC(=O)[C@H](CCC(=O)O)NC(=O)C(NC(=O)[C@@H](N)CCCCN)[C@@H](C)O)C(=O)N[C@@H](C)C(=O)N[C@H](CCC(=O)O)C(=O)N[C@H](C(=O)NC(CC(N)=O)C(=O)N[C@@H](CC(C)C)[C@@H](O)CC(=O)NC(C(=O)N[C@@H](C)C(=O)N[C@@H](CCC(=O)O)C(=O)NC(Cc1ccccc1)C(=O)O)C(C)C)C(C)C. The van der Waals surface area contributed by atoms with E-state index in [1.165, 1.54) is 41.5 Å². The summed E-state index contributed by atoms with van der Waals surface area (Å²) in [6.45, 7) is 16.1. The van der Waals surface area contributed by atoms with Crippen molar-refractivity contribution >= 4 is 113 Å². The molecule has 6 unspecified atom stereocenters. The lowest BCUT2D eigenvalue weighted by Crippen LogP contribution is -2.62. The molecule has 0 heterocycles. The molecule has 1 aromatic rings. The standard InChI is InChI=1S/C73H118N16O26/c1-12-37(8)59(88-67(108)46(24-28-56(100)101)81-64(105)44(22-26-54(96)97)82-72(113)60(40(11)90)89-63(104)42(75)20-16-17-29-74)71(112)78-39(10)62(103)80-45(23-27-55(98)99)66(107)87-58(36(6)7)70(111)84-48(32-51(76)92)68(109)83-47(30-34(2)3)50(91)33-52(93)86-57(35(4)5)69(110)77-38(9)61(102)79-43(21-25-53(94)95)65(106)85-49(73(114)115)31-41-18-14-13-15-19-41/h13-15,18-19,34-40,42-50,57-60,90-91H,12,16-17,20-33,74-75H2,1-11H3,(H2,76,92)(H,77,110)(H,78,112)(H,79,102)(H,80,103)(H,81,105)(H,82,113)(H,83,109)(H,84,111)(H,85,106)(H,86,93)(H,87,107)(H,88,108)(H,89,104)(H,94,95)(H,96,97)(H,98,99)(H,100,101)(H,114,115)/t37-,38+,39+,40-,42+,43+,44+,45-,46?,47+,48?,49?,50+,57?,58+,59?,60?/m1/s1. The van der Waals surface area contributed by atoms with Crippen molar-refractivity contribution in [1.82, 2.24) is 69.1 Å². The zero-order chi connectivity index (χ0) is 87.8. The highest BCUT2D eigenvalue weighted by atomic mass is 16.4. The van der Waals surface area contributed by atoms with Gasteiger partial charge in [0.05, 0.1) is 37.1 Å². The molecule has 0 saturated heterocycles. The van der Waals surface area contributed by atoms with Gasteiger partial charge in [0, 0.05) is 32.1 Å². The zero-order valence-electron chi connectivity index (χ0n) is 66.6. The molecule has 0 saturated carbocycles. The fourth-order valence-corrected chi connectivity index (χ4v) is 11.3. The minimum Gasteiger partial charge on any atom is -0.481 e. The molecule has 14 amide bonds. The number of aliphatic hydroxyl groups is 2. The summed E-state index contributed by atoms with van der Waals surface area (Å²) in [6, 6.07) is -14.2. The lowest BCUT2D eigenvalue weighted by atomic mass is 9.95. The number of aliphatic carboxylic acids is 5. The second-order valence-corrected chi connectivity index (χ2v) is 29.3. The molecule has 1 rings (SSSR count). The monoisotopic (exact) mass is 1630 g/mol. The molecule has 115 heavy (non-hydrogen) atoms. The van der Waals surface area contributed by atoms with Gasteiger partial charge in [-0.05, 0) is 101 Å². The first kappa shape index (κ1) is 102. The van der Waals surface area contributed by atoms with Gasteiger partial charge in [-0.15, -0.1) is 0 Å². The molecule has 26 N–H and O–H groups in total. The third-order valence-electron chi connectivity index (χ3n) is 18.1. The van der Waals surface area contributed by atoms with Crippen LogP contribution < -0.4 is 86.3 Å². The third kappa shape index (κ3) is 39.1. The summed E-state index contributed by atoms with van der Waals surface area (Å²) in [6.07, 6.45) is -9.46. The van der Waals surface area contributed by atoms with Crippen molar-refractivity contribution in [3.8, 4) is 0 Å². The number of hydrogen-bond donors (Lipinski definition) is 23. The van der Waals surface area contributed by atoms with Gasteiger partial charge < -0.3 is 122 Å². The van der Waals surface area contributed by atoms with E-state index in [9.17, 15) is 127 Å². The van der Waals surface area contributed by atoms with Crippen LogP contribution in [0, 0.1) is 23.7 Å². The highest BCUT2D eigenvalue weighted by Crippen LogP contribution is 2.17. The third-order valence-corrected chi connectivity index (χ3v) is 18.1. The maximum Gasteiger partial charge on any atom is 0.326 e. The second-order valence-electron chi connectivity index (χ2n) is 29.3. The molecule has 0 fully saturated rings. The first-order chi connectivity index (χ1) is 53.6. The maximum absolute atomic E-state index is 14.2. The van der Waals surface area contributed by atoms with Crippen LogP contribution in [0.25, 0.3) is 0 Å². The number of carbonyl (C=O) groups is 19. The molecule has 0 aliphatic rings. The fraction of sp³-hybridized carbons (Fsp3) is 0.658. The largest absolute Gasteiger partial charge is 0.481 e. The summed E-state index contributed by atoms with van der Waals surface area (Å²) in [5.41, 5.74) is 17.5. The van der Waals surface area contributed by atoms with E-state index in [0.29, 0.717) is 24.9 Å². The summed E-state index contributed by atoms with van der Waals surface area (Å²) in [5.74, 6) is -25.1. The van der Waals surface area contributed by atoms with E-state index in [1.54, 1.807) is 51.1 Å². The normalized spacial score (nSPS) is 15.7. The van der Waals surface area contributed by atoms with Crippen molar-refractivity contribution < 1.29 is 127 Å².